The van der Waals surface area contributed by atoms with Crippen LogP contribution in [0.1, 0.15) is 5.56 Å². The highest BCUT2D eigenvalue weighted by Crippen LogP contribution is 2.22. The normalized spacial score (nSPS) is 15.4. The van der Waals surface area contributed by atoms with Crippen LogP contribution in [-0.4, -0.2) is 70.6 Å². The second-order valence-electron chi connectivity index (χ2n) is 6.77. The number of piperazine rings is 1. The summed E-state index contributed by atoms with van der Waals surface area (Å²) in [6, 6.07) is 12.7. The van der Waals surface area contributed by atoms with Gasteiger partial charge in [-0.15, -0.1) is 10.2 Å². The van der Waals surface area contributed by atoms with Crippen molar-refractivity contribution >= 4 is 27.7 Å². The zero-order valence-corrected chi connectivity index (χ0v) is 17.7. The summed E-state index contributed by atoms with van der Waals surface area (Å²) in [4.78, 5) is 17.1. The number of hydrogen-bond donors (Lipinski definition) is 1. The summed E-state index contributed by atoms with van der Waals surface area (Å²) < 4.78 is 32.3. The summed E-state index contributed by atoms with van der Waals surface area (Å²) in [5.74, 6) is 0.410. The number of carbonyl (C=O) groups is 1. The van der Waals surface area contributed by atoms with Crippen LogP contribution in [-0.2, 0) is 20.6 Å². The fourth-order valence-electron chi connectivity index (χ4n) is 3.15. The largest absolute Gasteiger partial charge is 0.410 e. The lowest BCUT2D eigenvalue weighted by atomic mass is 10.2. The minimum Gasteiger partial charge on any atom is -0.410 e. The van der Waals surface area contributed by atoms with Gasteiger partial charge in [-0.25, -0.2) is 8.42 Å². The Hall–Kier alpha value is -2.63. The summed E-state index contributed by atoms with van der Waals surface area (Å²) in [6.45, 7) is 1.32. The third kappa shape index (κ3) is 4.91. The molecule has 0 unspecified atom stereocenters. The molecular weight excluding hydrogens is 426 g/mol. The summed E-state index contributed by atoms with van der Waals surface area (Å²) >= 11 is 1.17. The lowest BCUT2D eigenvalue weighted by molar-refractivity contribution is -0.129. The molecular formula is C19H21N5O4S2. The number of aromatic nitrogens is 3. The van der Waals surface area contributed by atoms with Crippen LogP contribution in [0.3, 0.4) is 0 Å². The van der Waals surface area contributed by atoms with Gasteiger partial charge in [-0.3, -0.25) is 4.79 Å². The van der Waals surface area contributed by atoms with E-state index in [2.05, 4.69) is 15.2 Å². The number of carbonyl (C=O) groups excluding carboxylic acids is 1. The van der Waals surface area contributed by atoms with E-state index < -0.39 is 10.0 Å². The predicted molar refractivity (Wildman–Crippen MR) is 112 cm³/mol. The quantitative estimate of drug-likeness (QED) is 0.550. The first-order chi connectivity index (χ1) is 14.5. The van der Waals surface area contributed by atoms with Crippen LogP contribution in [0.5, 0.6) is 0 Å². The van der Waals surface area contributed by atoms with Gasteiger partial charge in [0.15, 0.2) is 0 Å². The van der Waals surface area contributed by atoms with Crippen LogP contribution >= 0.6 is 11.8 Å². The smallest absolute Gasteiger partial charge is 0.277 e. The Morgan fingerprint density at radius 3 is 2.53 bits per heavy atom. The van der Waals surface area contributed by atoms with Crippen molar-refractivity contribution in [1.82, 2.24) is 24.4 Å². The number of nitrogens with one attached hydrogen (secondary N) is 1. The van der Waals surface area contributed by atoms with Crippen LogP contribution in [0, 0.1) is 0 Å². The molecule has 1 amide bonds. The molecule has 3 heterocycles. The number of aromatic amines is 1. The Morgan fingerprint density at radius 2 is 1.83 bits per heavy atom. The highest BCUT2D eigenvalue weighted by atomic mass is 32.2. The summed E-state index contributed by atoms with van der Waals surface area (Å²) in [7, 11) is -3.41. The number of hydrogen-bond acceptors (Lipinski definition) is 7. The Morgan fingerprint density at radius 1 is 1.07 bits per heavy atom. The van der Waals surface area contributed by atoms with E-state index in [-0.39, 0.29) is 17.4 Å². The third-order valence-electron chi connectivity index (χ3n) is 4.73. The van der Waals surface area contributed by atoms with E-state index in [1.54, 1.807) is 23.2 Å². The van der Waals surface area contributed by atoms with Crippen LogP contribution in [0.4, 0.5) is 0 Å². The zero-order valence-electron chi connectivity index (χ0n) is 16.1. The van der Waals surface area contributed by atoms with Gasteiger partial charge in [0.1, 0.15) is 5.69 Å². The van der Waals surface area contributed by atoms with Gasteiger partial charge < -0.3 is 14.3 Å². The molecule has 158 valence electrons. The van der Waals surface area contributed by atoms with E-state index >= 15 is 0 Å². The fourth-order valence-corrected chi connectivity index (χ4v) is 5.33. The number of rotatable bonds is 7. The monoisotopic (exact) mass is 447 g/mol. The maximum Gasteiger partial charge on any atom is 0.277 e. The number of nitrogens with zero attached hydrogens (tertiary/aromatic N) is 4. The average Bonchev–Trinajstić information content (AvgIpc) is 3.44. The van der Waals surface area contributed by atoms with Gasteiger partial charge in [-0.05, 0) is 17.7 Å². The molecule has 11 heteroatoms. The maximum atomic E-state index is 12.6. The molecule has 2 aromatic heterocycles. The molecule has 0 spiro atoms. The molecule has 0 saturated carbocycles. The van der Waals surface area contributed by atoms with E-state index in [1.807, 2.05) is 30.3 Å². The summed E-state index contributed by atoms with van der Waals surface area (Å²) in [6.07, 6.45) is 1.76. The first kappa shape index (κ1) is 20.6. The molecule has 1 fully saturated rings. The van der Waals surface area contributed by atoms with E-state index in [4.69, 9.17) is 4.42 Å². The van der Waals surface area contributed by atoms with Gasteiger partial charge in [-0.2, -0.15) is 4.31 Å². The van der Waals surface area contributed by atoms with Crippen molar-refractivity contribution < 1.29 is 17.6 Å². The van der Waals surface area contributed by atoms with Gasteiger partial charge in [0.2, 0.25) is 15.9 Å². The predicted octanol–water partition coefficient (Wildman–Crippen LogP) is 1.83. The van der Waals surface area contributed by atoms with E-state index in [0.29, 0.717) is 43.0 Å². The number of amides is 1. The van der Waals surface area contributed by atoms with E-state index in [0.717, 1.165) is 5.56 Å². The Kier molecular flexibility index (Phi) is 6.21. The molecule has 1 saturated heterocycles. The van der Waals surface area contributed by atoms with Crippen molar-refractivity contribution in [3.05, 3.63) is 54.2 Å². The lowest BCUT2D eigenvalue weighted by Gasteiger charge is -2.34. The van der Waals surface area contributed by atoms with Gasteiger partial charge in [-0.1, -0.05) is 42.1 Å². The molecule has 3 aromatic rings. The summed E-state index contributed by atoms with van der Waals surface area (Å²) in [5.41, 5.74) is 1.47. The van der Waals surface area contributed by atoms with Crippen LogP contribution in [0.25, 0.3) is 11.6 Å². The Labute approximate surface area is 178 Å². The highest BCUT2D eigenvalue weighted by molar-refractivity contribution is 7.99. The first-order valence-electron chi connectivity index (χ1n) is 9.41. The molecule has 0 radical (unpaired) electrons. The average molecular weight is 448 g/mol. The fraction of sp³-hybridized carbons (Fsp3) is 0.316. The van der Waals surface area contributed by atoms with Gasteiger partial charge in [0.25, 0.3) is 11.1 Å². The van der Waals surface area contributed by atoms with Gasteiger partial charge in [0, 0.05) is 32.4 Å². The molecule has 9 nitrogen and oxygen atoms in total. The number of H-pyrrole nitrogens is 1. The van der Waals surface area contributed by atoms with Crippen molar-refractivity contribution in [2.24, 2.45) is 0 Å². The van der Waals surface area contributed by atoms with Crippen LogP contribution < -0.4 is 0 Å². The number of sulfonamides is 1. The Bertz CT molecular complexity index is 1080. The van der Waals surface area contributed by atoms with Gasteiger partial charge in [0.05, 0.1) is 11.5 Å². The lowest BCUT2D eigenvalue weighted by Crippen LogP contribution is -2.51. The molecule has 1 aromatic carbocycles. The molecule has 0 atom stereocenters. The van der Waals surface area contributed by atoms with E-state index in [9.17, 15) is 13.2 Å². The second-order valence-corrected chi connectivity index (χ2v) is 9.66. The standard InChI is InChI=1S/C19H21N5O4S2/c25-17(13-29-19-22-21-18(28-19)16-7-4-8-20-16)23-9-11-24(12-10-23)30(26,27)14-15-5-2-1-3-6-15/h1-8,20H,9-14H2. The molecule has 1 aliphatic rings. The maximum absolute atomic E-state index is 12.6. The SMILES string of the molecule is O=C(CSc1nnc(-c2ccc[nH]2)o1)N1CCN(S(=O)(=O)Cc2ccccc2)CC1. The third-order valence-corrected chi connectivity index (χ3v) is 7.38. The van der Waals surface area contributed by atoms with Crippen molar-refractivity contribution in [3.63, 3.8) is 0 Å². The van der Waals surface area contributed by atoms with Crippen molar-refractivity contribution in [1.29, 1.82) is 0 Å². The number of thioether (sulfide) groups is 1. The van der Waals surface area contributed by atoms with Gasteiger partial charge >= 0.3 is 0 Å². The minimum atomic E-state index is -3.41. The molecule has 1 N–H and O–H groups in total. The molecule has 4 rings (SSSR count). The zero-order chi connectivity index (χ0) is 21.0. The van der Waals surface area contributed by atoms with Crippen LogP contribution in [0.15, 0.2) is 58.3 Å². The topological polar surface area (TPSA) is 112 Å². The second kappa shape index (κ2) is 9.02. The molecule has 30 heavy (non-hydrogen) atoms. The first-order valence-corrected chi connectivity index (χ1v) is 12.0. The van der Waals surface area contributed by atoms with Crippen molar-refractivity contribution in [2.45, 2.75) is 11.0 Å². The Balaban J connectivity index is 1.26. The molecule has 1 aliphatic heterocycles. The molecule has 0 bridgehead atoms. The molecule has 0 aliphatic carbocycles. The summed E-state index contributed by atoms with van der Waals surface area (Å²) in [5, 5.41) is 8.21. The van der Waals surface area contributed by atoms with Crippen LogP contribution in [0.2, 0.25) is 0 Å². The number of benzene rings is 1. The van der Waals surface area contributed by atoms with Crippen molar-refractivity contribution in [2.75, 3.05) is 31.9 Å². The van der Waals surface area contributed by atoms with E-state index in [1.165, 1.54) is 16.1 Å². The highest BCUT2D eigenvalue weighted by Gasteiger charge is 2.29. The minimum absolute atomic E-state index is 0.0298. The van der Waals surface area contributed by atoms with Crippen molar-refractivity contribution in [3.8, 4) is 11.6 Å².